The summed E-state index contributed by atoms with van der Waals surface area (Å²) in [7, 11) is 0. The molecule has 1 aromatic rings. The van der Waals surface area contributed by atoms with E-state index in [9.17, 15) is 0 Å². The molecule has 1 unspecified atom stereocenters. The second kappa shape index (κ2) is 13.0. The van der Waals surface area contributed by atoms with Crippen molar-refractivity contribution in [3.05, 3.63) is 18.0 Å². The van der Waals surface area contributed by atoms with Crippen LogP contribution in [0.2, 0.25) is 0 Å². The van der Waals surface area contributed by atoms with Crippen LogP contribution >= 0.6 is 0 Å². The molecule has 2 aliphatic rings. The fourth-order valence-electron chi connectivity index (χ4n) is 6.01. The minimum Gasteiger partial charge on any atom is -0.314 e. The van der Waals surface area contributed by atoms with Crippen LogP contribution in [-0.4, -0.2) is 46.4 Å². The van der Waals surface area contributed by atoms with E-state index in [1.165, 1.54) is 102 Å². The van der Waals surface area contributed by atoms with Gasteiger partial charge >= 0.3 is 0 Å². The van der Waals surface area contributed by atoms with Crippen molar-refractivity contribution < 1.29 is 0 Å². The number of likely N-dealkylation sites (tertiary alicyclic amines) is 1. The molecule has 0 bridgehead atoms. The van der Waals surface area contributed by atoms with Gasteiger partial charge in [-0.05, 0) is 81.7 Å². The third-order valence-electron chi connectivity index (χ3n) is 8.09. The second-order valence-electron chi connectivity index (χ2n) is 10.6. The maximum atomic E-state index is 4.74. The summed E-state index contributed by atoms with van der Waals surface area (Å²) < 4.78 is 2.28. The van der Waals surface area contributed by atoms with Gasteiger partial charge in [0.1, 0.15) is 0 Å². The van der Waals surface area contributed by atoms with Crippen LogP contribution in [0.1, 0.15) is 122 Å². The van der Waals surface area contributed by atoms with Gasteiger partial charge in [0.15, 0.2) is 0 Å². The van der Waals surface area contributed by atoms with Crippen LogP contribution in [0.5, 0.6) is 0 Å². The molecule has 2 fully saturated rings. The summed E-state index contributed by atoms with van der Waals surface area (Å²) in [4.78, 5) is 2.81. The molecule has 178 valence electrons. The minimum atomic E-state index is 0.605. The van der Waals surface area contributed by atoms with E-state index in [-0.39, 0.29) is 0 Å². The molecule has 1 atom stereocenters. The van der Waals surface area contributed by atoms with E-state index in [0.29, 0.717) is 12.0 Å². The number of piperidine rings is 1. The van der Waals surface area contributed by atoms with E-state index in [1.54, 1.807) is 0 Å². The van der Waals surface area contributed by atoms with Crippen molar-refractivity contribution in [3.8, 4) is 0 Å². The summed E-state index contributed by atoms with van der Waals surface area (Å²) in [5.41, 5.74) is 1.43. The molecule has 1 N–H and O–H groups in total. The first-order chi connectivity index (χ1) is 15.1. The predicted molar refractivity (Wildman–Crippen MR) is 133 cm³/mol. The summed E-state index contributed by atoms with van der Waals surface area (Å²) in [5, 5.41) is 8.65. The van der Waals surface area contributed by atoms with Gasteiger partial charge in [-0.15, -0.1) is 0 Å². The maximum Gasteiger partial charge on any atom is 0.0543 e. The normalized spacial score (nSPS) is 24.7. The lowest BCUT2D eigenvalue weighted by molar-refractivity contribution is 0.0930. The molecular formula is C27H50N4. The summed E-state index contributed by atoms with van der Waals surface area (Å²) in [6.07, 6.45) is 20.4. The zero-order valence-corrected chi connectivity index (χ0v) is 21.0. The molecule has 31 heavy (non-hydrogen) atoms. The lowest BCUT2D eigenvalue weighted by Gasteiger charge is -2.41. The molecular weight excluding hydrogens is 380 g/mol. The highest BCUT2D eigenvalue weighted by Crippen LogP contribution is 2.32. The zero-order valence-electron chi connectivity index (χ0n) is 21.0. The average Bonchev–Trinajstić information content (AvgIpc) is 3.29. The third kappa shape index (κ3) is 7.32. The van der Waals surface area contributed by atoms with Crippen LogP contribution in [0.15, 0.2) is 12.4 Å². The van der Waals surface area contributed by atoms with E-state index in [4.69, 9.17) is 5.10 Å². The number of nitrogens with zero attached hydrogens (tertiary/aromatic N) is 3. The Morgan fingerprint density at radius 3 is 2.16 bits per heavy atom. The fourth-order valence-corrected chi connectivity index (χ4v) is 6.01. The first-order valence-electron chi connectivity index (χ1n) is 13.7. The minimum absolute atomic E-state index is 0.605. The molecule has 2 heterocycles. The molecule has 4 heteroatoms. The Bertz CT molecular complexity index is 590. The monoisotopic (exact) mass is 430 g/mol. The largest absolute Gasteiger partial charge is 0.314 e. The van der Waals surface area contributed by atoms with Crippen molar-refractivity contribution in [1.82, 2.24) is 20.0 Å². The summed E-state index contributed by atoms with van der Waals surface area (Å²) in [6.45, 7) is 13.0. The van der Waals surface area contributed by atoms with Gasteiger partial charge < -0.3 is 10.2 Å². The lowest BCUT2D eigenvalue weighted by atomic mass is 9.84. The van der Waals surface area contributed by atoms with Gasteiger partial charge in [0, 0.05) is 31.4 Å². The van der Waals surface area contributed by atoms with Crippen LogP contribution in [-0.2, 0) is 0 Å². The Morgan fingerprint density at radius 1 is 0.903 bits per heavy atom. The quantitative estimate of drug-likeness (QED) is 0.408. The van der Waals surface area contributed by atoms with Gasteiger partial charge in [-0.2, -0.15) is 5.10 Å². The molecule has 1 aromatic heterocycles. The van der Waals surface area contributed by atoms with Gasteiger partial charge in [0.25, 0.3) is 0 Å². The predicted octanol–water partition coefficient (Wildman–Crippen LogP) is 6.54. The van der Waals surface area contributed by atoms with Crippen molar-refractivity contribution in [2.45, 2.75) is 129 Å². The van der Waals surface area contributed by atoms with E-state index in [1.807, 2.05) is 0 Å². The number of nitrogens with one attached hydrogen (secondary N) is 1. The Morgan fingerprint density at radius 2 is 1.55 bits per heavy atom. The maximum absolute atomic E-state index is 4.74. The van der Waals surface area contributed by atoms with Crippen molar-refractivity contribution in [2.24, 2.45) is 5.92 Å². The topological polar surface area (TPSA) is 33.1 Å². The number of hydrogen-bond donors (Lipinski definition) is 1. The van der Waals surface area contributed by atoms with Crippen LogP contribution in [0.3, 0.4) is 0 Å². The third-order valence-corrected chi connectivity index (χ3v) is 8.09. The van der Waals surface area contributed by atoms with E-state index < -0.39 is 0 Å². The Labute approximate surface area is 192 Å². The first-order valence-corrected chi connectivity index (χ1v) is 13.7. The van der Waals surface area contributed by atoms with Gasteiger partial charge in [-0.25, -0.2) is 0 Å². The average molecular weight is 431 g/mol. The SMILES string of the molecule is CCCC(CCC)NC[C@H]1CC[C@@H](N2CCC(n3cc(C(C)CCC)cn3)CC2)CC1. The van der Waals surface area contributed by atoms with Gasteiger partial charge in [0.2, 0.25) is 0 Å². The Hall–Kier alpha value is -0.870. The molecule has 0 aromatic carbocycles. The highest BCUT2D eigenvalue weighted by Gasteiger charge is 2.30. The zero-order chi connectivity index (χ0) is 22.1. The van der Waals surface area contributed by atoms with E-state index in [0.717, 1.165) is 18.0 Å². The smallest absolute Gasteiger partial charge is 0.0543 e. The summed E-state index contributed by atoms with van der Waals surface area (Å²) >= 11 is 0. The molecule has 1 aliphatic carbocycles. The van der Waals surface area contributed by atoms with Gasteiger partial charge in [0.05, 0.1) is 12.2 Å². The summed E-state index contributed by atoms with van der Waals surface area (Å²) in [5.74, 6) is 1.54. The van der Waals surface area contributed by atoms with Crippen LogP contribution in [0.25, 0.3) is 0 Å². The standard InChI is InChI=1S/C27H50N4/c1-5-8-22(4)24-20-29-31(21-24)27-15-17-30(18-16-27)26-13-11-23(12-14-26)19-28-25(9-6-2)10-7-3/h20-23,25-28H,5-19H2,1-4H3/t22?,23-,26+. The van der Waals surface area contributed by atoms with Crippen LogP contribution < -0.4 is 5.32 Å². The van der Waals surface area contributed by atoms with Crippen molar-refractivity contribution in [2.75, 3.05) is 19.6 Å². The highest BCUT2D eigenvalue weighted by molar-refractivity contribution is 5.10. The van der Waals surface area contributed by atoms with Crippen molar-refractivity contribution in [3.63, 3.8) is 0 Å². The first kappa shape index (κ1) is 24.8. The van der Waals surface area contributed by atoms with Gasteiger partial charge in [-0.3, -0.25) is 4.68 Å². The van der Waals surface area contributed by atoms with Crippen LogP contribution in [0.4, 0.5) is 0 Å². The van der Waals surface area contributed by atoms with E-state index >= 15 is 0 Å². The Kier molecular flexibility index (Phi) is 10.4. The number of rotatable bonds is 12. The molecule has 1 saturated carbocycles. The highest BCUT2D eigenvalue weighted by atomic mass is 15.3. The Balaban J connectivity index is 1.37. The van der Waals surface area contributed by atoms with Crippen molar-refractivity contribution in [1.29, 1.82) is 0 Å². The lowest BCUT2D eigenvalue weighted by Crippen LogP contribution is -2.44. The van der Waals surface area contributed by atoms with Crippen LogP contribution in [0, 0.1) is 5.92 Å². The molecule has 0 spiro atoms. The summed E-state index contributed by atoms with van der Waals surface area (Å²) in [6, 6.07) is 2.19. The molecule has 1 aliphatic heterocycles. The van der Waals surface area contributed by atoms with E-state index in [2.05, 4.69) is 55.0 Å². The number of aromatic nitrogens is 2. The molecule has 4 nitrogen and oxygen atoms in total. The number of hydrogen-bond acceptors (Lipinski definition) is 3. The molecule has 0 amide bonds. The second-order valence-corrected chi connectivity index (χ2v) is 10.6. The van der Waals surface area contributed by atoms with Crippen molar-refractivity contribution >= 4 is 0 Å². The molecule has 1 saturated heterocycles. The van der Waals surface area contributed by atoms with Gasteiger partial charge in [-0.1, -0.05) is 47.0 Å². The molecule has 3 rings (SSSR count). The fraction of sp³-hybridized carbons (Fsp3) is 0.889. The molecule has 0 radical (unpaired) electrons.